The standard InChI is InChI=1S/C6H11FO3S/c1-3-5(2)6(8)4-11(7,9)10/h5H,3-4H2,1-2H3. The molecule has 0 fully saturated rings. The van der Waals surface area contributed by atoms with Gasteiger partial charge in [-0.3, -0.25) is 4.79 Å². The second-order valence-electron chi connectivity index (χ2n) is 2.46. The summed E-state index contributed by atoms with van der Waals surface area (Å²) in [6.45, 7) is 3.32. The van der Waals surface area contributed by atoms with Gasteiger partial charge < -0.3 is 0 Å². The van der Waals surface area contributed by atoms with Crippen LogP contribution in [0.4, 0.5) is 3.89 Å². The minimum absolute atomic E-state index is 0.375. The Bertz CT molecular complexity index is 232. The summed E-state index contributed by atoms with van der Waals surface area (Å²) in [5.74, 6) is -1.92. The number of Topliss-reactive ketones (excluding diaryl/α,β-unsaturated/α-hetero) is 1. The third-order valence-corrected chi connectivity index (χ3v) is 2.11. The molecule has 0 saturated heterocycles. The van der Waals surface area contributed by atoms with Gasteiger partial charge in [0.25, 0.3) is 0 Å². The number of hydrogen-bond donors (Lipinski definition) is 0. The molecular weight excluding hydrogens is 171 g/mol. The maximum absolute atomic E-state index is 11.9. The maximum Gasteiger partial charge on any atom is 0.309 e. The van der Waals surface area contributed by atoms with Gasteiger partial charge in [-0.2, -0.15) is 8.42 Å². The van der Waals surface area contributed by atoms with Gasteiger partial charge in [-0.05, 0) is 6.42 Å². The summed E-state index contributed by atoms with van der Waals surface area (Å²) in [5.41, 5.74) is 0. The van der Waals surface area contributed by atoms with E-state index in [1.54, 1.807) is 13.8 Å². The summed E-state index contributed by atoms with van der Waals surface area (Å²) in [6, 6.07) is 0. The van der Waals surface area contributed by atoms with Gasteiger partial charge in [-0.25, -0.2) is 0 Å². The zero-order chi connectivity index (χ0) is 9.07. The third kappa shape index (κ3) is 4.89. The molecule has 3 nitrogen and oxygen atoms in total. The number of rotatable bonds is 4. The fraction of sp³-hybridized carbons (Fsp3) is 0.833. The van der Waals surface area contributed by atoms with Crippen molar-refractivity contribution in [1.82, 2.24) is 0 Å². The second kappa shape index (κ2) is 3.80. The quantitative estimate of drug-likeness (QED) is 0.607. The average molecular weight is 182 g/mol. The molecule has 0 bridgehead atoms. The molecule has 0 aliphatic heterocycles. The van der Waals surface area contributed by atoms with E-state index >= 15 is 0 Å². The monoisotopic (exact) mass is 182 g/mol. The van der Waals surface area contributed by atoms with E-state index in [9.17, 15) is 17.1 Å². The van der Waals surface area contributed by atoms with Gasteiger partial charge in [0, 0.05) is 5.92 Å². The molecular formula is C6H11FO3S. The van der Waals surface area contributed by atoms with Crippen LogP contribution in [0.2, 0.25) is 0 Å². The number of carbonyl (C=O) groups excluding carboxylic acids is 1. The number of carbonyl (C=O) groups is 1. The minimum atomic E-state index is -4.63. The fourth-order valence-corrected chi connectivity index (χ4v) is 1.16. The summed E-state index contributed by atoms with van der Waals surface area (Å²) in [7, 11) is -4.63. The summed E-state index contributed by atoms with van der Waals surface area (Å²) < 4.78 is 31.8. The van der Waals surface area contributed by atoms with E-state index in [0.717, 1.165) is 0 Å². The van der Waals surface area contributed by atoms with Crippen LogP contribution in [0.25, 0.3) is 0 Å². The number of halogens is 1. The molecule has 0 radical (unpaired) electrons. The molecule has 0 saturated carbocycles. The lowest BCUT2D eigenvalue weighted by atomic mass is 10.1. The minimum Gasteiger partial charge on any atom is -0.298 e. The summed E-state index contributed by atoms with van der Waals surface area (Å²) >= 11 is 0. The van der Waals surface area contributed by atoms with E-state index in [0.29, 0.717) is 6.42 Å². The Morgan fingerprint density at radius 1 is 1.55 bits per heavy atom. The largest absolute Gasteiger partial charge is 0.309 e. The Balaban J connectivity index is 4.10. The van der Waals surface area contributed by atoms with Crippen LogP contribution >= 0.6 is 0 Å². The fourth-order valence-electron chi connectivity index (χ4n) is 0.540. The molecule has 0 N–H and O–H groups in total. The molecule has 11 heavy (non-hydrogen) atoms. The molecule has 1 unspecified atom stereocenters. The lowest BCUT2D eigenvalue weighted by Crippen LogP contribution is -2.18. The first-order valence-electron chi connectivity index (χ1n) is 3.32. The molecule has 0 aromatic rings. The van der Waals surface area contributed by atoms with Crippen LogP contribution in [0.5, 0.6) is 0 Å². The van der Waals surface area contributed by atoms with Crippen molar-refractivity contribution < 1.29 is 17.1 Å². The SMILES string of the molecule is CCC(C)C(=O)CS(=O)(=O)F. The molecule has 0 heterocycles. The smallest absolute Gasteiger partial charge is 0.298 e. The van der Waals surface area contributed by atoms with Gasteiger partial charge in [0.05, 0.1) is 0 Å². The highest BCUT2D eigenvalue weighted by Gasteiger charge is 2.18. The van der Waals surface area contributed by atoms with Crippen molar-refractivity contribution >= 4 is 16.0 Å². The van der Waals surface area contributed by atoms with Crippen LogP contribution in [0, 0.1) is 5.92 Å². The van der Waals surface area contributed by atoms with Crippen molar-refractivity contribution in [3.8, 4) is 0 Å². The third-order valence-electron chi connectivity index (χ3n) is 1.48. The van der Waals surface area contributed by atoms with Gasteiger partial charge in [0.1, 0.15) is 5.75 Å². The first-order chi connectivity index (χ1) is 4.87. The molecule has 0 spiro atoms. The Labute approximate surface area is 65.8 Å². The molecule has 0 rings (SSSR count). The maximum atomic E-state index is 11.9. The van der Waals surface area contributed by atoms with Crippen molar-refractivity contribution in [2.75, 3.05) is 5.75 Å². The zero-order valence-electron chi connectivity index (χ0n) is 6.50. The van der Waals surface area contributed by atoms with E-state index in [-0.39, 0.29) is 5.92 Å². The zero-order valence-corrected chi connectivity index (χ0v) is 7.32. The molecule has 0 amide bonds. The highest BCUT2D eigenvalue weighted by Crippen LogP contribution is 2.04. The second-order valence-corrected chi connectivity index (χ2v) is 3.83. The lowest BCUT2D eigenvalue weighted by molar-refractivity contribution is -0.119. The predicted octanol–water partition coefficient (Wildman–Crippen LogP) is 0.901. The molecule has 1 atom stereocenters. The van der Waals surface area contributed by atoms with Gasteiger partial charge in [0.2, 0.25) is 0 Å². The lowest BCUT2D eigenvalue weighted by Gasteiger charge is -2.03. The van der Waals surface area contributed by atoms with Gasteiger partial charge in [0.15, 0.2) is 5.78 Å². The highest BCUT2D eigenvalue weighted by atomic mass is 32.3. The highest BCUT2D eigenvalue weighted by molar-refractivity contribution is 7.87. The van der Waals surface area contributed by atoms with Crippen LogP contribution in [0.3, 0.4) is 0 Å². The van der Waals surface area contributed by atoms with Gasteiger partial charge >= 0.3 is 10.2 Å². The molecule has 5 heteroatoms. The van der Waals surface area contributed by atoms with Gasteiger partial charge in [-0.15, -0.1) is 3.89 Å². The predicted molar refractivity (Wildman–Crippen MR) is 39.4 cm³/mol. The molecule has 0 aromatic carbocycles. The van der Waals surface area contributed by atoms with E-state index in [2.05, 4.69) is 0 Å². The first-order valence-corrected chi connectivity index (χ1v) is 4.87. The van der Waals surface area contributed by atoms with E-state index in [1.807, 2.05) is 0 Å². The molecule has 0 aliphatic carbocycles. The topological polar surface area (TPSA) is 51.2 Å². The van der Waals surface area contributed by atoms with Crippen molar-refractivity contribution in [2.24, 2.45) is 5.92 Å². The first kappa shape index (κ1) is 10.6. The van der Waals surface area contributed by atoms with E-state index in [4.69, 9.17) is 0 Å². The van der Waals surface area contributed by atoms with E-state index in [1.165, 1.54) is 0 Å². The van der Waals surface area contributed by atoms with E-state index < -0.39 is 21.8 Å². The summed E-state index contributed by atoms with van der Waals surface area (Å²) in [4.78, 5) is 10.8. The number of ketones is 1. The number of hydrogen-bond acceptors (Lipinski definition) is 3. The summed E-state index contributed by atoms with van der Waals surface area (Å²) in [5, 5.41) is 0. The van der Waals surface area contributed by atoms with Crippen LogP contribution in [0.1, 0.15) is 20.3 Å². The van der Waals surface area contributed by atoms with Crippen molar-refractivity contribution in [2.45, 2.75) is 20.3 Å². The van der Waals surface area contributed by atoms with Crippen LogP contribution < -0.4 is 0 Å². The van der Waals surface area contributed by atoms with Crippen LogP contribution in [-0.4, -0.2) is 20.0 Å². The van der Waals surface area contributed by atoms with Crippen molar-refractivity contribution in [3.63, 3.8) is 0 Å². The molecule has 0 aromatic heterocycles. The molecule has 66 valence electrons. The normalized spacial score (nSPS) is 14.5. The van der Waals surface area contributed by atoms with Crippen molar-refractivity contribution in [1.29, 1.82) is 0 Å². The van der Waals surface area contributed by atoms with Crippen LogP contribution in [0.15, 0.2) is 0 Å². The average Bonchev–Trinajstić information content (AvgIpc) is 1.82. The Kier molecular flexibility index (Phi) is 3.65. The van der Waals surface area contributed by atoms with Crippen molar-refractivity contribution in [3.05, 3.63) is 0 Å². The molecule has 0 aliphatic rings. The summed E-state index contributed by atoms with van der Waals surface area (Å²) in [6.07, 6.45) is 0.536. The Morgan fingerprint density at radius 2 is 2.00 bits per heavy atom. The van der Waals surface area contributed by atoms with Gasteiger partial charge in [-0.1, -0.05) is 13.8 Å². The Morgan fingerprint density at radius 3 is 2.27 bits per heavy atom. The van der Waals surface area contributed by atoms with Crippen LogP contribution in [-0.2, 0) is 15.0 Å². The Hall–Kier alpha value is -0.450.